The van der Waals surface area contributed by atoms with Crippen molar-refractivity contribution in [2.24, 2.45) is 0 Å². The number of nitrogens with one attached hydrogen (secondary N) is 2. The standard InChI is InChI=1S/C19H24F2N2O5S/c1-18(2)24-8-12(26-18)14-13(15-16(25-14)28-19(3,4)27-15)23-17(29)22-11-6-5-9(20)7-10(11)21/h5-7,12-16H,8H2,1-4H3,(H2,22,23,29)/t12-,13+,14-,15-,16-/m1/s1. The quantitative estimate of drug-likeness (QED) is 0.710. The minimum atomic E-state index is -0.815. The first-order valence-corrected chi connectivity index (χ1v) is 9.79. The number of anilines is 1. The molecule has 29 heavy (non-hydrogen) atoms. The van der Waals surface area contributed by atoms with Crippen LogP contribution in [-0.2, 0) is 23.7 Å². The number of halogens is 2. The molecule has 0 unspecified atom stereocenters. The summed E-state index contributed by atoms with van der Waals surface area (Å²) < 4.78 is 56.6. The second-order valence-corrected chi connectivity index (χ2v) is 8.59. The van der Waals surface area contributed by atoms with Crippen molar-refractivity contribution in [2.75, 3.05) is 11.9 Å². The Kier molecular flexibility index (Phi) is 5.29. The Hall–Kier alpha value is -1.43. The zero-order valence-electron chi connectivity index (χ0n) is 16.5. The largest absolute Gasteiger partial charge is 0.354 e. The van der Waals surface area contributed by atoms with Crippen molar-refractivity contribution in [1.29, 1.82) is 0 Å². The summed E-state index contributed by atoms with van der Waals surface area (Å²) in [5.41, 5.74) is 0.0569. The predicted octanol–water partition coefficient (Wildman–Crippen LogP) is 2.65. The second kappa shape index (κ2) is 7.36. The van der Waals surface area contributed by atoms with E-state index in [0.29, 0.717) is 6.61 Å². The van der Waals surface area contributed by atoms with Crippen molar-refractivity contribution in [3.63, 3.8) is 0 Å². The Morgan fingerprint density at radius 1 is 1.07 bits per heavy atom. The average molecular weight is 430 g/mol. The number of thiocarbonyl (C=S) groups is 1. The Morgan fingerprint density at radius 2 is 1.83 bits per heavy atom. The van der Waals surface area contributed by atoms with Crippen LogP contribution in [0, 0.1) is 11.6 Å². The molecule has 0 saturated carbocycles. The average Bonchev–Trinajstić information content (AvgIpc) is 3.20. The topological polar surface area (TPSA) is 70.2 Å². The van der Waals surface area contributed by atoms with Crippen LogP contribution >= 0.6 is 12.2 Å². The molecule has 7 nitrogen and oxygen atoms in total. The number of ether oxygens (including phenoxy) is 5. The number of hydrogen-bond acceptors (Lipinski definition) is 6. The van der Waals surface area contributed by atoms with Gasteiger partial charge in [0.1, 0.15) is 29.9 Å². The van der Waals surface area contributed by atoms with E-state index >= 15 is 0 Å². The molecule has 0 bridgehead atoms. The first kappa shape index (κ1) is 20.8. The van der Waals surface area contributed by atoms with Crippen molar-refractivity contribution in [2.45, 2.75) is 69.9 Å². The van der Waals surface area contributed by atoms with Gasteiger partial charge >= 0.3 is 0 Å². The summed E-state index contributed by atoms with van der Waals surface area (Å²) in [6.45, 7) is 7.58. The molecular weight excluding hydrogens is 406 g/mol. The van der Waals surface area contributed by atoms with Crippen LogP contribution in [0.3, 0.4) is 0 Å². The molecule has 3 aliphatic heterocycles. The van der Waals surface area contributed by atoms with Gasteiger partial charge in [-0.15, -0.1) is 0 Å². The fourth-order valence-corrected chi connectivity index (χ4v) is 4.04. The maximum Gasteiger partial charge on any atom is 0.189 e. The van der Waals surface area contributed by atoms with Crippen LogP contribution in [0.25, 0.3) is 0 Å². The first-order chi connectivity index (χ1) is 13.5. The van der Waals surface area contributed by atoms with Crippen LogP contribution in [0.1, 0.15) is 27.7 Å². The molecule has 0 aliphatic carbocycles. The van der Waals surface area contributed by atoms with E-state index in [1.165, 1.54) is 6.07 Å². The molecule has 160 valence electrons. The third kappa shape index (κ3) is 4.37. The lowest BCUT2D eigenvalue weighted by molar-refractivity contribution is -0.223. The van der Waals surface area contributed by atoms with E-state index in [0.717, 1.165) is 12.1 Å². The van der Waals surface area contributed by atoms with E-state index in [2.05, 4.69) is 10.6 Å². The minimum Gasteiger partial charge on any atom is -0.354 e. The molecule has 0 spiro atoms. The third-order valence-electron chi connectivity index (χ3n) is 4.96. The van der Waals surface area contributed by atoms with Crippen molar-refractivity contribution < 1.29 is 32.5 Å². The van der Waals surface area contributed by atoms with Gasteiger partial charge < -0.3 is 34.3 Å². The molecule has 4 rings (SSSR count). The number of rotatable bonds is 3. The summed E-state index contributed by atoms with van der Waals surface area (Å²) in [6, 6.07) is 2.77. The van der Waals surface area contributed by atoms with Crippen LogP contribution in [0.5, 0.6) is 0 Å². The normalized spacial score (nSPS) is 34.8. The van der Waals surface area contributed by atoms with Gasteiger partial charge in [0.25, 0.3) is 0 Å². The molecule has 2 N–H and O–H groups in total. The Bertz CT molecular complexity index is 809. The highest BCUT2D eigenvalue weighted by atomic mass is 32.1. The van der Waals surface area contributed by atoms with Gasteiger partial charge in [0, 0.05) is 6.07 Å². The summed E-state index contributed by atoms with van der Waals surface area (Å²) in [4.78, 5) is 0. The zero-order chi connectivity index (χ0) is 21.0. The highest BCUT2D eigenvalue weighted by Crippen LogP contribution is 2.40. The summed E-state index contributed by atoms with van der Waals surface area (Å²) in [7, 11) is 0. The van der Waals surface area contributed by atoms with Gasteiger partial charge in [0.05, 0.1) is 18.3 Å². The smallest absolute Gasteiger partial charge is 0.189 e. The SMILES string of the molecule is CC1(C)O[C@H]2O[C@H]([C@H]3COC(C)(C)O3)[C@H](NC(=S)Nc3ccc(F)cc3F)[C@H]2O1. The molecule has 5 atom stereocenters. The maximum atomic E-state index is 14.0. The molecule has 1 aromatic carbocycles. The van der Waals surface area contributed by atoms with Crippen molar-refractivity contribution in [3.05, 3.63) is 29.8 Å². The third-order valence-corrected chi connectivity index (χ3v) is 5.18. The van der Waals surface area contributed by atoms with E-state index < -0.39 is 47.7 Å². The minimum absolute atomic E-state index is 0.0569. The lowest BCUT2D eigenvalue weighted by Gasteiger charge is -2.30. The molecule has 3 fully saturated rings. The Morgan fingerprint density at radius 3 is 2.48 bits per heavy atom. The fraction of sp³-hybridized carbons (Fsp3) is 0.632. The Balaban J connectivity index is 1.50. The van der Waals surface area contributed by atoms with Crippen LogP contribution < -0.4 is 10.6 Å². The summed E-state index contributed by atoms with van der Waals surface area (Å²) in [5.74, 6) is -2.96. The maximum absolute atomic E-state index is 14.0. The molecule has 0 aromatic heterocycles. The van der Waals surface area contributed by atoms with E-state index in [1.54, 1.807) is 13.8 Å². The number of hydrogen-bond donors (Lipinski definition) is 2. The van der Waals surface area contributed by atoms with Gasteiger partial charge in [-0.05, 0) is 52.0 Å². The molecular formula is C19H24F2N2O5S. The molecule has 1 aromatic rings. The van der Waals surface area contributed by atoms with Crippen molar-refractivity contribution in [1.82, 2.24) is 5.32 Å². The van der Waals surface area contributed by atoms with Gasteiger partial charge in [0.2, 0.25) is 0 Å². The van der Waals surface area contributed by atoms with Crippen LogP contribution in [0.15, 0.2) is 18.2 Å². The summed E-state index contributed by atoms with van der Waals surface area (Å²) in [6.07, 6.45) is -1.90. The summed E-state index contributed by atoms with van der Waals surface area (Å²) in [5, 5.41) is 6.01. The lowest BCUT2D eigenvalue weighted by atomic mass is 10.0. The Labute approximate surface area is 173 Å². The molecule has 3 aliphatic rings. The van der Waals surface area contributed by atoms with Crippen molar-refractivity contribution >= 4 is 23.0 Å². The molecule has 3 heterocycles. The fourth-order valence-electron chi connectivity index (χ4n) is 3.79. The molecule has 3 saturated heterocycles. The second-order valence-electron chi connectivity index (χ2n) is 8.18. The lowest BCUT2D eigenvalue weighted by Crippen LogP contribution is -2.53. The monoisotopic (exact) mass is 430 g/mol. The molecule has 0 radical (unpaired) electrons. The van der Waals surface area contributed by atoms with Crippen LogP contribution in [0.2, 0.25) is 0 Å². The van der Waals surface area contributed by atoms with E-state index in [1.807, 2.05) is 13.8 Å². The number of benzene rings is 1. The van der Waals surface area contributed by atoms with Gasteiger partial charge in [0.15, 0.2) is 23.0 Å². The highest BCUT2D eigenvalue weighted by molar-refractivity contribution is 7.80. The van der Waals surface area contributed by atoms with Gasteiger partial charge in [-0.1, -0.05) is 0 Å². The highest BCUT2D eigenvalue weighted by Gasteiger charge is 2.58. The van der Waals surface area contributed by atoms with Gasteiger partial charge in [-0.3, -0.25) is 0 Å². The van der Waals surface area contributed by atoms with Gasteiger partial charge in [-0.25, -0.2) is 8.78 Å². The summed E-state index contributed by atoms with van der Waals surface area (Å²) >= 11 is 5.35. The molecule has 0 amide bonds. The van der Waals surface area contributed by atoms with E-state index in [4.69, 9.17) is 35.9 Å². The number of fused-ring (bicyclic) bond motifs is 1. The van der Waals surface area contributed by atoms with E-state index in [-0.39, 0.29) is 16.9 Å². The van der Waals surface area contributed by atoms with Crippen LogP contribution in [0.4, 0.5) is 14.5 Å². The van der Waals surface area contributed by atoms with Crippen molar-refractivity contribution in [3.8, 4) is 0 Å². The molecule has 10 heteroatoms. The van der Waals surface area contributed by atoms with Gasteiger partial charge in [-0.2, -0.15) is 0 Å². The van der Waals surface area contributed by atoms with Crippen LogP contribution in [-0.4, -0.2) is 53.9 Å². The predicted molar refractivity (Wildman–Crippen MR) is 103 cm³/mol. The zero-order valence-corrected chi connectivity index (χ0v) is 17.3. The first-order valence-electron chi connectivity index (χ1n) is 9.38. The van der Waals surface area contributed by atoms with E-state index in [9.17, 15) is 8.78 Å².